The molecule has 1 amide bonds. The first-order chi connectivity index (χ1) is 15.6. The summed E-state index contributed by atoms with van der Waals surface area (Å²) in [6, 6.07) is 15.6. The van der Waals surface area contributed by atoms with Crippen LogP contribution < -0.4 is 10.9 Å². The Morgan fingerprint density at radius 1 is 1.12 bits per heavy atom. The number of anilines is 1. The zero-order chi connectivity index (χ0) is 22.5. The minimum absolute atomic E-state index is 0.160. The molecule has 0 bridgehead atoms. The summed E-state index contributed by atoms with van der Waals surface area (Å²) >= 11 is 6.70. The van der Waals surface area contributed by atoms with Gasteiger partial charge in [0.1, 0.15) is 15.8 Å². The van der Waals surface area contributed by atoms with E-state index in [-0.39, 0.29) is 11.5 Å². The minimum Gasteiger partial charge on any atom is -0.369 e. The summed E-state index contributed by atoms with van der Waals surface area (Å²) in [6.45, 7) is 3.27. The Morgan fingerprint density at radius 3 is 2.69 bits per heavy atom. The van der Waals surface area contributed by atoms with Crippen molar-refractivity contribution in [3.05, 3.63) is 81.1 Å². The summed E-state index contributed by atoms with van der Waals surface area (Å²) < 4.78 is 2.01. The van der Waals surface area contributed by atoms with Gasteiger partial charge in [0.05, 0.1) is 10.5 Å². The van der Waals surface area contributed by atoms with E-state index in [1.165, 1.54) is 21.7 Å². The highest BCUT2D eigenvalue weighted by atomic mass is 32.2. The highest BCUT2D eigenvalue weighted by molar-refractivity contribution is 8.26. The van der Waals surface area contributed by atoms with Crippen LogP contribution in [0.5, 0.6) is 0 Å². The number of thioether (sulfide) groups is 1. The molecule has 32 heavy (non-hydrogen) atoms. The van der Waals surface area contributed by atoms with Crippen molar-refractivity contribution in [1.29, 1.82) is 0 Å². The summed E-state index contributed by atoms with van der Waals surface area (Å²) in [7, 11) is 0. The van der Waals surface area contributed by atoms with Crippen LogP contribution in [0.15, 0.2) is 64.4 Å². The summed E-state index contributed by atoms with van der Waals surface area (Å²) in [5.74, 6) is 0.324. The molecule has 0 spiro atoms. The van der Waals surface area contributed by atoms with Gasteiger partial charge in [-0.15, -0.1) is 0 Å². The van der Waals surface area contributed by atoms with Gasteiger partial charge in [0.2, 0.25) is 0 Å². The van der Waals surface area contributed by atoms with Crippen molar-refractivity contribution in [3.63, 3.8) is 0 Å². The van der Waals surface area contributed by atoms with Gasteiger partial charge in [-0.3, -0.25) is 18.9 Å². The Hall–Kier alpha value is -2.97. The number of aromatic nitrogens is 2. The largest absolute Gasteiger partial charge is 0.369 e. The number of hydrogen-bond donors (Lipinski definition) is 1. The topological polar surface area (TPSA) is 66.7 Å². The molecular weight excluding hydrogens is 440 g/mol. The van der Waals surface area contributed by atoms with Gasteiger partial charge in [-0.2, -0.15) is 0 Å². The summed E-state index contributed by atoms with van der Waals surface area (Å²) in [5.41, 5.74) is 1.94. The van der Waals surface area contributed by atoms with Gasteiger partial charge in [0, 0.05) is 19.3 Å². The molecular formula is C24H24N4O2S2. The van der Waals surface area contributed by atoms with Crippen LogP contribution in [0, 0.1) is 0 Å². The molecule has 4 rings (SSSR count). The van der Waals surface area contributed by atoms with E-state index < -0.39 is 0 Å². The molecule has 1 saturated heterocycles. The van der Waals surface area contributed by atoms with E-state index in [1.54, 1.807) is 29.3 Å². The normalized spacial score (nSPS) is 15.2. The fraction of sp³-hybridized carbons (Fsp3) is 0.250. The number of pyridine rings is 1. The van der Waals surface area contributed by atoms with E-state index in [2.05, 4.69) is 22.4 Å². The second-order valence-corrected chi connectivity index (χ2v) is 9.13. The lowest BCUT2D eigenvalue weighted by molar-refractivity contribution is -0.122. The minimum atomic E-state index is -0.219. The van der Waals surface area contributed by atoms with Crippen molar-refractivity contribution in [2.24, 2.45) is 0 Å². The Kier molecular flexibility index (Phi) is 7.02. The lowest BCUT2D eigenvalue weighted by atomic mass is 10.1. The summed E-state index contributed by atoms with van der Waals surface area (Å²) in [6.07, 6.45) is 5.88. The molecule has 0 unspecified atom stereocenters. The number of aryl methyl sites for hydroxylation is 1. The number of benzene rings is 1. The van der Waals surface area contributed by atoms with Crippen molar-refractivity contribution < 1.29 is 4.79 Å². The highest BCUT2D eigenvalue weighted by Crippen LogP contribution is 2.33. The maximum atomic E-state index is 13.2. The van der Waals surface area contributed by atoms with Gasteiger partial charge in [-0.25, -0.2) is 4.98 Å². The third-order valence-electron chi connectivity index (χ3n) is 5.15. The molecule has 3 heterocycles. The van der Waals surface area contributed by atoms with Crippen LogP contribution in [0.1, 0.15) is 30.9 Å². The number of nitrogens with zero attached hydrogens (tertiary/aromatic N) is 3. The van der Waals surface area contributed by atoms with E-state index in [9.17, 15) is 9.59 Å². The van der Waals surface area contributed by atoms with Gasteiger partial charge < -0.3 is 5.32 Å². The zero-order valence-corrected chi connectivity index (χ0v) is 19.4. The molecule has 1 aliphatic rings. The number of rotatable bonds is 8. The SMILES string of the molecule is CCCNc1nc2ccccn2c(=O)c1/C=C1\SC(=S)N(CCCc2ccccc2)C1=O. The van der Waals surface area contributed by atoms with Crippen molar-refractivity contribution in [2.75, 3.05) is 18.4 Å². The maximum Gasteiger partial charge on any atom is 0.267 e. The first kappa shape index (κ1) is 22.2. The van der Waals surface area contributed by atoms with Crippen LogP contribution in [-0.4, -0.2) is 37.6 Å². The summed E-state index contributed by atoms with van der Waals surface area (Å²) in [5, 5.41) is 3.22. The van der Waals surface area contributed by atoms with Crippen LogP contribution >= 0.6 is 24.0 Å². The molecule has 1 aromatic carbocycles. The van der Waals surface area contributed by atoms with Crippen molar-refractivity contribution in [3.8, 4) is 0 Å². The monoisotopic (exact) mass is 464 g/mol. The van der Waals surface area contributed by atoms with E-state index in [4.69, 9.17) is 12.2 Å². The molecule has 2 aromatic heterocycles. The van der Waals surface area contributed by atoms with Gasteiger partial charge in [-0.05, 0) is 43.0 Å². The third-order valence-corrected chi connectivity index (χ3v) is 6.53. The average Bonchev–Trinajstić information content (AvgIpc) is 3.08. The van der Waals surface area contributed by atoms with Gasteiger partial charge in [-0.1, -0.05) is 67.3 Å². The van der Waals surface area contributed by atoms with Crippen LogP contribution in [-0.2, 0) is 11.2 Å². The van der Waals surface area contributed by atoms with E-state index in [1.807, 2.05) is 31.2 Å². The van der Waals surface area contributed by atoms with E-state index in [0.717, 1.165) is 19.3 Å². The first-order valence-electron chi connectivity index (χ1n) is 10.6. The van der Waals surface area contributed by atoms with Gasteiger partial charge >= 0.3 is 0 Å². The standard InChI is InChI=1S/C24H24N4O2S2/c1-2-13-25-21-18(22(29)27-14-7-6-12-20(27)26-21)16-19-23(30)28(24(31)32-19)15-8-11-17-9-4-3-5-10-17/h3-7,9-10,12,14,16,25H,2,8,11,13,15H2,1H3/b19-16-. The molecule has 0 radical (unpaired) electrons. The smallest absolute Gasteiger partial charge is 0.267 e. The van der Waals surface area contributed by atoms with Gasteiger partial charge in [0.15, 0.2) is 0 Å². The molecule has 1 N–H and O–H groups in total. The van der Waals surface area contributed by atoms with Gasteiger partial charge in [0.25, 0.3) is 11.5 Å². The summed E-state index contributed by atoms with van der Waals surface area (Å²) in [4.78, 5) is 32.9. The molecule has 3 aromatic rings. The number of carbonyl (C=O) groups excluding carboxylic acids is 1. The van der Waals surface area contributed by atoms with E-state index in [0.29, 0.717) is 39.3 Å². The van der Waals surface area contributed by atoms with Crippen molar-refractivity contribution in [2.45, 2.75) is 26.2 Å². The molecule has 6 nitrogen and oxygen atoms in total. The van der Waals surface area contributed by atoms with Crippen LogP contribution in [0.25, 0.3) is 11.7 Å². The maximum absolute atomic E-state index is 13.2. The Labute approximate surface area is 196 Å². The van der Waals surface area contributed by atoms with E-state index >= 15 is 0 Å². The number of amides is 1. The predicted octanol–water partition coefficient (Wildman–Crippen LogP) is 4.35. The van der Waals surface area contributed by atoms with Crippen LogP contribution in [0.3, 0.4) is 0 Å². The highest BCUT2D eigenvalue weighted by Gasteiger charge is 2.32. The number of thiocarbonyl (C=S) groups is 1. The molecule has 0 saturated carbocycles. The Bertz CT molecular complexity index is 1240. The first-order valence-corrected chi connectivity index (χ1v) is 11.9. The fourth-order valence-corrected chi connectivity index (χ4v) is 4.81. The number of fused-ring (bicyclic) bond motifs is 1. The lowest BCUT2D eigenvalue weighted by Gasteiger charge is -2.14. The molecule has 164 valence electrons. The van der Waals surface area contributed by atoms with Crippen LogP contribution in [0.4, 0.5) is 5.82 Å². The second kappa shape index (κ2) is 10.1. The molecule has 0 atom stereocenters. The molecule has 0 aliphatic carbocycles. The van der Waals surface area contributed by atoms with Crippen LogP contribution in [0.2, 0.25) is 0 Å². The Morgan fingerprint density at radius 2 is 1.91 bits per heavy atom. The number of carbonyl (C=O) groups is 1. The lowest BCUT2D eigenvalue weighted by Crippen LogP contribution is -2.29. The third kappa shape index (κ3) is 4.76. The fourth-order valence-electron chi connectivity index (χ4n) is 3.52. The van der Waals surface area contributed by atoms with Crippen molar-refractivity contribution in [1.82, 2.24) is 14.3 Å². The molecule has 1 aliphatic heterocycles. The van der Waals surface area contributed by atoms with Crippen molar-refractivity contribution >= 4 is 51.7 Å². The average molecular weight is 465 g/mol. The predicted molar refractivity (Wildman–Crippen MR) is 135 cm³/mol. The number of hydrogen-bond acceptors (Lipinski definition) is 6. The Balaban J connectivity index is 1.59. The second-order valence-electron chi connectivity index (χ2n) is 7.46. The number of nitrogens with one attached hydrogen (secondary N) is 1. The molecule has 1 fully saturated rings. The molecule has 8 heteroatoms. The quantitative estimate of drug-likeness (QED) is 0.395. The zero-order valence-electron chi connectivity index (χ0n) is 17.8.